The summed E-state index contributed by atoms with van der Waals surface area (Å²) in [6.45, 7) is 8.44. The number of H-pyrrole nitrogens is 1. The molecule has 1 aromatic carbocycles. The quantitative estimate of drug-likeness (QED) is 0.647. The lowest BCUT2D eigenvalue weighted by Gasteiger charge is -2.39. The van der Waals surface area contributed by atoms with E-state index in [9.17, 15) is 9.59 Å². The van der Waals surface area contributed by atoms with Crippen molar-refractivity contribution >= 4 is 22.6 Å². The lowest BCUT2D eigenvalue weighted by atomic mass is 9.79. The van der Waals surface area contributed by atoms with Crippen LogP contribution in [0.15, 0.2) is 30.5 Å². The van der Waals surface area contributed by atoms with E-state index in [1.165, 1.54) is 25.9 Å². The maximum atomic E-state index is 12.8. The Morgan fingerprint density at radius 2 is 1.69 bits per heavy atom. The standard InChI is InChI=1S/C26H38N4O2/c1-26(2,17-24(31)22-5-4-21-6-11-27-23(21)16-22)28-18-25(32)30-14-9-20(10-15-30)19-7-12-29(3)13-8-19/h4-6,11,16,19-20,27-28H,7-10,12-15,17-18H2,1-3H3. The van der Waals surface area contributed by atoms with Crippen molar-refractivity contribution < 1.29 is 9.59 Å². The first kappa shape index (κ1) is 23.0. The van der Waals surface area contributed by atoms with E-state index in [2.05, 4.69) is 22.2 Å². The summed E-state index contributed by atoms with van der Waals surface area (Å²) in [6.07, 6.45) is 7.09. The molecule has 32 heavy (non-hydrogen) atoms. The summed E-state index contributed by atoms with van der Waals surface area (Å²) >= 11 is 0. The Morgan fingerprint density at radius 3 is 2.38 bits per heavy atom. The van der Waals surface area contributed by atoms with Gasteiger partial charge < -0.3 is 20.1 Å². The van der Waals surface area contributed by atoms with Gasteiger partial charge in [0.15, 0.2) is 5.78 Å². The molecule has 2 N–H and O–H groups in total. The largest absolute Gasteiger partial charge is 0.361 e. The van der Waals surface area contributed by atoms with Crippen LogP contribution in [0.3, 0.4) is 0 Å². The van der Waals surface area contributed by atoms with E-state index in [0.717, 1.165) is 48.7 Å². The second-order valence-electron chi connectivity index (χ2n) is 10.5. The van der Waals surface area contributed by atoms with Crippen molar-refractivity contribution in [2.45, 2.75) is 51.5 Å². The van der Waals surface area contributed by atoms with Crippen molar-refractivity contribution in [3.63, 3.8) is 0 Å². The van der Waals surface area contributed by atoms with Crippen LogP contribution in [0, 0.1) is 11.8 Å². The molecule has 0 radical (unpaired) electrons. The highest BCUT2D eigenvalue weighted by Gasteiger charge is 2.31. The Labute approximate surface area is 191 Å². The first-order chi connectivity index (χ1) is 15.3. The second kappa shape index (κ2) is 9.75. The zero-order chi connectivity index (χ0) is 22.7. The number of aromatic amines is 1. The highest BCUT2D eigenvalue weighted by Crippen LogP contribution is 2.32. The third-order valence-electron chi connectivity index (χ3n) is 7.52. The number of carbonyl (C=O) groups excluding carboxylic acids is 2. The Kier molecular flexibility index (Phi) is 7.01. The Hall–Kier alpha value is -2.18. The maximum Gasteiger partial charge on any atom is 0.236 e. The molecule has 1 aromatic heterocycles. The van der Waals surface area contributed by atoms with Crippen LogP contribution in [0.1, 0.15) is 56.3 Å². The number of fused-ring (bicyclic) bond motifs is 1. The SMILES string of the molecule is CN1CCC(C2CCN(C(=O)CNC(C)(C)CC(=O)c3ccc4cc[nH]c4c3)CC2)CC1. The summed E-state index contributed by atoms with van der Waals surface area (Å²) in [4.78, 5) is 33.2. The number of rotatable bonds is 7. The zero-order valence-corrected chi connectivity index (χ0v) is 19.8. The molecule has 2 saturated heterocycles. The maximum absolute atomic E-state index is 12.8. The van der Waals surface area contributed by atoms with Crippen molar-refractivity contribution in [3.8, 4) is 0 Å². The molecular weight excluding hydrogens is 400 g/mol. The summed E-state index contributed by atoms with van der Waals surface area (Å²) in [7, 11) is 2.21. The minimum Gasteiger partial charge on any atom is -0.361 e. The number of likely N-dealkylation sites (tertiary alicyclic amines) is 2. The Balaban J connectivity index is 1.22. The number of nitrogens with one attached hydrogen (secondary N) is 2. The van der Waals surface area contributed by atoms with Crippen LogP contribution < -0.4 is 5.32 Å². The molecular formula is C26H38N4O2. The Bertz CT molecular complexity index is 934. The van der Waals surface area contributed by atoms with Crippen LogP contribution in [0.5, 0.6) is 0 Å². The van der Waals surface area contributed by atoms with Crippen molar-refractivity contribution in [2.24, 2.45) is 11.8 Å². The van der Waals surface area contributed by atoms with Gasteiger partial charge in [-0.05, 0) is 89.0 Å². The molecule has 0 atom stereocenters. The highest BCUT2D eigenvalue weighted by atomic mass is 16.2. The topological polar surface area (TPSA) is 68.4 Å². The minimum absolute atomic E-state index is 0.0883. The third kappa shape index (κ3) is 5.59. The van der Waals surface area contributed by atoms with Crippen LogP contribution in [0.25, 0.3) is 10.9 Å². The van der Waals surface area contributed by atoms with E-state index in [1.807, 2.05) is 49.2 Å². The van der Waals surface area contributed by atoms with Gasteiger partial charge in [-0.1, -0.05) is 12.1 Å². The van der Waals surface area contributed by atoms with Gasteiger partial charge in [-0.2, -0.15) is 0 Å². The number of aromatic nitrogens is 1. The fourth-order valence-electron chi connectivity index (χ4n) is 5.33. The van der Waals surface area contributed by atoms with Gasteiger partial charge in [-0.15, -0.1) is 0 Å². The average Bonchev–Trinajstić information content (AvgIpc) is 3.26. The first-order valence-corrected chi connectivity index (χ1v) is 12.1. The number of amides is 1. The number of carbonyl (C=O) groups is 2. The van der Waals surface area contributed by atoms with Crippen molar-refractivity contribution in [1.29, 1.82) is 0 Å². The normalized spacial score (nSPS) is 19.5. The van der Waals surface area contributed by atoms with Gasteiger partial charge in [0.1, 0.15) is 0 Å². The molecule has 4 rings (SSSR count). The summed E-state index contributed by atoms with van der Waals surface area (Å²) in [5.74, 6) is 1.84. The predicted octanol–water partition coefficient (Wildman–Crippen LogP) is 3.69. The van der Waals surface area contributed by atoms with Gasteiger partial charge in [-0.25, -0.2) is 0 Å². The number of benzene rings is 1. The van der Waals surface area contributed by atoms with E-state index >= 15 is 0 Å². The lowest BCUT2D eigenvalue weighted by molar-refractivity contribution is -0.132. The number of hydrogen-bond donors (Lipinski definition) is 2. The fourth-order valence-corrected chi connectivity index (χ4v) is 5.33. The van der Waals surface area contributed by atoms with Crippen molar-refractivity contribution in [3.05, 3.63) is 36.0 Å². The van der Waals surface area contributed by atoms with Crippen LogP contribution in [0.4, 0.5) is 0 Å². The molecule has 2 aliphatic heterocycles. The summed E-state index contributed by atoms with van der Waals surface area (Å²) in [5.41, 5.74) is 1.24. The molecule has 0 unspecified atom stereocenters. The molecule has 2 fully saturated rings. The number of Topliss-reactive ketones (excluding diaryl/α,β-unsaturated/α-hetero) is 1. The van der Waals surface area contributed by atoms with Gasteiger partial charge in [0.05, 0.1) is 6.54 Å². The van der Waals surface area contributed by atoms with E-state index in [0.29, 0.717) is 12.0 Å². The summed E-state index contributed by atoms with van der Waals surface area (Å²) < 4.78 is 0. The van der Waals surface area contributed by atoms with Gasteiger partial charge in [0, 0.05) is 42.3 Å². The van der Waals surface area contributed by atoms with Crippen LogP contribution >= 0.6 is 0 Å². The van der Waals surface area contributed by atoms with Crippen molar-refractivity contribution in [2.75, 3.05) is 39.8 Å². The van der Waals surface area contributed by atoms with E-state index in [-0.39, 0.29) is 18.2 Å². The summed E-state index contributed by atoms with van der Waals surface area (Å²) in [5, 5.41) is 4.44. The number of piperidine rings is 2. The molecule has 6 nitrogen and oxygen atoms in total. The molecule has 6 heteroatoms. The number of hydrogen-bond acceptors (Lipinski definition) is 4. The molecule has 2 aliphatic rings. The average molecular weight is 439 g/mol. The minimum atomic E-state index is -0.441. The highest BCUT2D eigenvalue weighted by molar-refractivity contribution is 5.99. The molecule has 2 aromatic rings. The Morgan fingerprint density at radius 1 is 1.03 bits per heavy atom. The van der Waals surface area contributed by atoms with Crippen molar-refractivity contribution in [1.82, 2.24) is 20.1 Å². The molecule has 0 aliphatic carbocycles. The van der Waals surface area contributed by atoms with Crippen LogP contribution in [-0.4, -0.2) is 71.8 Å². The molecule has 174 valence electrons. The molecule has 0 saturated carbocycles. The summed E-state index contributed by atoms with van der Waals surface area (Å²) in [6, 6.07) is 7.76. The third-order valence-corrected chi connectivity index (χ3v) is 7.52. The zero-order valence-electron chi connectivity index (χ0n) is 19.8. The predicted molar refractivity (Wildman–Crippen MR) is 129 cm³/mol. The van der Waals surface area contributed by atoms with E-state index in [1.54, 1.807) is 0 Å². The van der Waals surface area contributed by atoms with E-state index < -0.39 is 5.54 Å². The fraction of sp³-hybridized carbons (Fsp3) is 0.615. The number of ketones is 1. The molecule has 0 spiro atoms. The first-order valence-electron chi connectivity index (χ1n) is 12.1. The van der Waals surface area contributed by atoms with Crippen LogP contribution in [-0.2, 0) is 4.79 Å². The lowest BCUT2D eigenvalue weighted by Crippen LogP contribution is -2.49. The molecule has 0 bridgehead atoms. The van der Waals surface area contributed by atoms with Gasteiger partial charge >= 0.3 is 0 Å². The smallest absolute Gasteiger partial charge is 0.236 e. The molecule has 3 heterocycles. The van der Waals surface area contributed by atoms with Gasteiger partial charge in [0.2, 0.25) is 5.91 Å². The second-order valence-corrected chi connectivity index (χ2v) is 10.5. The number of nitrogens with zero attached hydrogens (tertiary/aromatic N) is 2. The van der Waals surface area contributed by atoms with E-state index in [4.69, 9.17) is 0 Å². The monoisotopic (exact) mass is 438 g/mol. The van der Waals surface area contributed by atoms with Gasteiger partial charge in [0.25, 0.3) is 0 Å². The van der Waals surface area contributed by atoms with Gasteiger partial charge in [-0.3, -0.25) is 9.59 Å². The molecule has 1 amide bonds. The van der Waals surface area contributed by atoms with Crippen LogP contribution in [0.2, 0.25) is 0 Å².